The lowest BCUT2D eigenvalue weighted by atomic mass is 9.85. The molecular formula is C24H16O10. The Kier molecular flexibility index (Phi) is 4.54. The van der Waals surface area contributed by atoms with Crippen LogP contribution in [0.5, 0.6) is 40.2 Å². The third-order valence-corrected chi connectivity index (χ3v) is 5.70. The molecule has 0 fully saturated rings. The second-order valence-corrected chi connectivity index (χ2v) is 7.80. The predicted molar refractivity (Wildman–Crippen MR) is 116 cm³/mol. The first kappa shape index (κ1) is 21.0. The van der Waals surface area contributed by atoms with Crippen LogP contribution in [0.25, 0.3) is 22.3 Å². The van der Waals surface area contributed by atoms with Gasteiger partial charge in [0, 0.05) is 23.1 Å². The van der Waals surface area contributed by atoms with Crippen molar-refractivity contribution in [3.63, 3.8) is 0 Å². The molecule has 2 heterocycles. The van der Waals surface area contributed by atoms with Crippen molar-refractivity contribution >= 4 is 16.9 Å². The zero-order valence-corrected chi connectivity index (χ0v) is 17.1. The fraction of sp³-hybridized carbons (Fsp3) is 0.0833. The van der Waals surface area contributed by atoms with E-state index in [0.29, 0.717) is 5.56 Å². The minimum Gasteiger partial charge on any atom is -0.507 e. The molecule has 10 nitrogen and oxygen atoms in total. The van der Waals surface area contributed by atoms with E-state index in [1.807, 2.05) is 0 Å². The van der Waals surface area contributed by atoms with E-state index in [0.717, 1.165) is 18.2 Å². The molecule has 172 valence electrons. The SMILES string of the molecule is O=C1C[C@@H](c2ccc(O)c(O)c2)c2c(cc(O)c3c(=O)c(O)c(-c4ccc(O)c(O)c4)oc23)O1. The highest BCUT2D eigenvalue weighted by Crippen LogP contribution is 2.48. The number of hydrogen-bond acceptors (Lipinski definition) is 10. The van der Waals surface area contributed by atoms with Crippen LogP contribution >= 0.6 is 0 Å². The number of fused-ring (bicyclic) bond motifs is 3. The Morgan fingerprint density at radius 2 is 1.44 bits per heavy atom. The first-order valence-electron chi connectivity index (χ1n) is 9.96. The summed E-state index contributed by atoms with van der Waals surface area (Å²) in [4.78, 5) is 25.3. The van der Waals surface area contributed by atoms with Gasteiger partial charge >= 0.3 is 5.97 Å². The molecule has 0 saturated heterocycles. The van der Waals surface area contributed by atoms with Gasteiger partial charge in [0.1, 0.15) is 22.5 Å². The Morgan fingerprint density at radius 1 is 0.765 bits per heavy atom. The number of carbonyl (C=O) groups is 1. The summed E-state index contributed by atoms with van der Waals surface area (Å²) in [5.74, 6) is -5.10. The average Bonchev–Trinajstić information content (AvgIpc) is 2.78. The molecule has 0 spiro atoms. The highest BCUT2D eigenvalue weighted by Gasteiger charge is 2.34. The first-order valence-corrected chi connectivity index (χ1v) is 9.96. The van der Waals surface area contributed by atoms with E-state index in [1.54, 1.807) is 0 Å². The molecule has 0 saturated carbocycles. The van der Waals surface area contributed by atoms with E-state index in [-0.39, 0.29) is 45.8 Å². The average molecular weight is 464 g/mol. The van der Waals surface area contributed by atoms with Crippen LogP contribution in [0.15, 0.2) is 51.7 Å². The molecule has 10 heteroatoms. The number of aromatic hydroxyl groups is 6. The van der Waals surface area contributed by atoms with Crippen molar-refractivity contribution in [2.45, 2.75) is 12.3 Å². The molecule has 1 aliphatic rings. The van der Waals surface area contributed by atoms with Gasteiger partial charge in [-0.25, -0.2) is 0 Å². The largest absolute Gasteiger partial charge is 0.507 e. The van der Waals surface area contributed by atoms with Crippen LogP contribution < -0.4 is 10.2 Å². The van der Waals surface area contributed by atoms with Crippen molar-refractivity contribution in [3.05, 3.63) is 63.8 Å². The first-order chi connectivity index (χ1) is 16.2. The summed E-state index contributed by atoms with van der Waals surface area (Å²) in [7, 11) is 0. The van der Waals surface area contributed by atoms with Gasteiger partial charge in [-0.2, -0.15) is 0 Å². The lowest BCUT2D eigenvalue weighted by molar-refractivity contribution is -0.135. The third-order valence-electron chi connectivity index (χ3n) is 5.70. The van der Waals surface area contributed by atoms with E-state index in [9.17, 15) is 40.2 Å². The minimum atomic E-state index is -0.978. The molecule has 4 aromatic rings. The van der Waals surface area contributed by atoms with Crippen LogP contribution in [0.3, 0.4) is 0 Å². The molecule has 0 bridgehead atoms. The minimum absolute atomic E-state index is 0.0514. The molecule has 0 aliphatic carbocycles. The zero-order valence-electron chi connectivity index (χ0n) is 17.1. The third kappa shape index (κ3) is 3.12. The van der Waals surface area contributed by atoms with Gasteiger partial charge < -0.3 is 39.8 Å². The van der Waals surface area contributed by atoms with E-state index < -0.39 is 46.1 Å². The molecule has 1 aliphatic heterocycles. The number of phenols is 5. The Morgan fingerprint density at radius 3 is 2.12 bits per heavy atom. The van der Waals surface area contributed by atoms with Crippen LogP contribution in [0, 0.1) is 0 Å². The van der Waals surface area contributed by atoms with Gasteiger partial charge in [0.15, 0.2) is 28.8 Å². The Labute approximate surface area is 189 Å². The van der Waals surface area contributed by atoms with Crippen LogP contribution in [0.4, 0.5) is 0 Å². The lowest BCUT2D eigenvalue weighted by Gasteiger charge is -2.26. The molecule has 0 amide bonds. The number of ether oxygens (including phenoxy) is 1. The van der Waals surface area contributed by atoms with Crippen LogP contribution in [0.2, 0.25) is 0 Å². The van der Waals surface area contributed by atoms with Crippen molar-refractivity contribution in [1.29, 1.82) is 0 Å². The molecule has 34 heavy (non-hydrogen) atoms. The normalized spacial score (nSPS) is 15.2. The zero-order chi connectivity index (χ0) is 24.3. The van der Waals surface area contributed by atoms with Crippen molar-refractivity contribution in [1.82, 2.24) is 0 Å². The Bertz CT molecular complexity index is 1570. The number of hydrogen-bond donors (Lipinski definition) is 6. The van der Waals surface area contributed by atoms with Gasteiger partial charge in [-0.05, 0) is 35.9 Å². The van der Waals surface area contributed by atoms with Gasteiger partial charge in [-0.1, -0.05) is 6.07 Å². The molecule has 0 radical (unpaired) electrons. The molecular weight excluding hydrogens is 448 g/mol. The summed E-state index contributed by atoms with van der Waals surface area (Å²) < 4.78 is 11.1. The van der Waals surface area contributed by atoms with Crippen LogP contribution in [0.1, 0.15) is 23.5 Å². The van der Waals surface area contributed by atoms with Gasteiger partial charge in [-0.3, -0.25) is 9.59 Å². The number of benzene rings is 3. The summed E-state index contributed by atoms with van der Waals surface area (Å²) in [6.07, 6.45) is -0.211. The van der Waals surface area contributed by atoms with E-state index in [1.165, 1.54) is 24.3 Å². The number of esters is 1. The smallest absolute Gasteiger partial charge is 0.312 e. The van der Waals surface area contributed by atoms with Crippen LogP contribution in [-0.2, 0) is 4.79 Å². The summed E-state index contributed by atoms with van der Waals surface area (Å²) in [6.45, 7) is 0. The number of phenolic OH excluding ortho intramolecular Hbond substituents is 5. The van der Waals surface area contributed by atoms with Gasteiger partial charge in [0.05, 0.1) is 6.42 Å². The Hall–Kier alpha value is -4.86. The van der Waals surface area contributed by atoms with E-state index in [4.69, 9.17) is 9.15 Å². The fourth-order valence-corrected chi connectivity index (χ4v) is 4.08. The standard InChI is InChI=1S/C24H16O10/c25-12-3-1-9(5-14(12)27)11-7-18(30)33-17-8-16(29)20-21(31)22(32)23(34-24(20)19(11)17)10-2-4-13(26)15(28)6-10/h1-6,8,11,25-29,32H,7H2/t11-/m0/s1. The van der Waals surface area contributed by atoms with Gasteiger partial charge in [-0.15, -0.1) is 0 Å². The maximum absolute atomic E-state index is 13.0. The topological polar surface area (TPSA) is 178 Å². The van der Waals surface area contributed by atoms with E-state index >= 15 is 0 Å². The van der Waals surface area contributed by atoms with E-state index in [2.05, 4.69) is 0 Å². The molecule has 3 aromatic carbocycles. The molecule has 6 N–H and O–H groups in total. The number of carbonyl (C=O) groups excluding carboxylic acids is 1. The van der Waals surface area contributed by atoms with Gasteiger partial charge in [0.25, 0.3) is 0 Å². The summed E-state index contributed by atoms with van der Waals surface area (Å²) in [5, 5.41) is 59.7. The van der Waals surface area contributed by atoms with Crippen molar-refractivity contribution < 1.29 is 44.6 Å². The summed E-state index contributed by atoms with van der Waals surface area (Å²) in [5.41, 5.74) is -0.534. The highest BCUT2D eigenvalue weighted by molar-refractivity contribution is 5.94. The second kappa shape index (κ2) is 7.34. The molecule has 5 rings (SSSR count). The lowest BCUT2D eigenvalue weighted by Crippen LogP contribution is -2.22. The van der Waals surface area contributed by atoms with Crippen molar-refractivity contribution in [2.24, 2.45) is 0 Å². The van der Waals surface area contributed by atoms with Crippen molar-refractivity contribution in [3.8, 4) is 51.6 Å². The molecule has 1 aromatic heterocycles. The predicted octanol–water partition coefficient (Wildman–Crippen LogP) is 3.13. The quantitative estimate of drug-likeness (QED) is 0.147. The number of rotatable bonds is 2. The monoisotopic (exact) mass is 464 g/mol. The van der Waals surface area contributed by atoms with Gasteiger partial charge in [0.2, 0.25) is 11.2 Å². The fourth-order valence-electron chi connectivity index (χ4n) is 4.08. The maximum Gasteiger partial charge on any atom is 0.312 e. The summed E-state index contributed by atoms with van der Waals surface area (Å²) in [6, 6.07) is 8.52. The Balaban J connectivity index is 1.85. The second-order valence-electron chi connectivity index (χ2n) is 7.80. The van der Waals surface area contributed by atoms with Crippen molar-refractivity contribution in [2.75, 3.05) is 0 Å². The molecule has 0 unspecified atom stereocenters. The summed E-state index contributed by atoms with van der Waals surface area (Å²) >= 11 is 0. The highest BCUT2D eigenvalue weighted by atomic mass is 16.5. The van der Waals surface area contributed by atoms with Crippen LogP contribution in [-0.4, -0.2) is 36.6 Å². The molecule has 1 atom stereocenters. The maximum atomic E-state index is 13.0.